The second kappa shape index (κ2) is 5.40. The van der Waals surface area contributed by atoms with Gasteiger partial charge in [-0.05, 0) is 25.2 Å². The van der Waals surface area contributed by atoms with Crippen molar-refractivity contribution in [2.45, 2.75) is 19.4 Å². The van der Waals surface area contributed by atoms with Crippen molar-refractivity contribution in [3.63, 3.8) is 0 Å². The summed E-state index contributed by atoms with van der Waals surface area (Å²) in [5.41, 5.74) is 7.39. The van der Waals surface area contributed by atoms with Crippen molar-refractivity contribution in [2.24, 2.45) is 17.6 Å². The summed E-state index contributed by atoms with van der Waals surface area (Å²) in [6, 6.07) is 9.02. The number of aryl methyl sites for hydroxylation is 1. The topological polar surface area (TPSA) is 89.2 Å². The number of hydrogen-bond donors (Lipinski definition) is 1. The van der Waals surface area contributed by atoms with Crippen LogP contribution in [0, 0.1) is 18.8 Å². The highest BCUT2D eigenvalue weighted by molar-refractivity contribution is 6.02. The van der Waals surface area contributed by atoms with Gasteiger partial charge in [-0.3, -0.25) is 9.59 Å². The van der Waals surface area contributed by atoms with Gasteiger partial charge in [-0.1, -0.05) is 30.3 Å². The van der Waals surface area contributed by atoms with Crippen LogP contribution in [-0.4, -0.2) is 39.3 Å². The first-order valence-electron chi connectivity index (χ1n) is 8.05. The van der Waals surface area contributed by atoms with Gasteiger partial charge in [0, 0.05) is 18.3 Å². The summed E-state index contributed by atoms with van der Waals surface area (Å²) in [5.74, 6) is 0.574. The van der Waals surface area contributed by atoms with Crippen molar-refractivity contribution >= 4 is 11.8 Å². The van der Waals surface area contributed by atoms with E-state index in [2.05, 4.69) is 9.97 Å². The van der Waals surface area contributed by atoms with Crippen LogP contribution in [0.15, 0.2) is 36.5 Å². The van der Waals surface area contributed by atoms with E-state index in [1.807, 2.05) is 30.3 Å². The second-order valence-electron chi connectivity index (χ2n) is 6.51. The molecule has 24 heavy (non-hydrogen) atoms. The molecule has 1 aromatic carbocycles. The van der Waals surface area contributed by atoms with E-state index in [1.165, 1.54) is 0 Å². The van der Waals surface area contributed by atoms with Crippen LogP contribution in [-0.2, 0) is 4.79 Å². The average molecular weight is 322 g/mol. The summed E-state index contributed by atoms with van der Waals surface area (Å²) in [5, 5.41) is 0. The first-order chi connectivity index (χ1) is 11.6. The van der Waals surface area contributed by atoms with Crippen LogP contribution in [0.25, 0.3) is 11.3 Å². The highest BCUT2D eigenvalue weighted by Gasteiger charge is 2.56. The number of carbonyl (C=O) groups excluding carboxylic acids is 2. The van der Waals surface area contributed by atoms with Crippen LogP contribution >= 0.6 is 0 Å². The summed E-state index contributed by atoms with van der Waals surface area (Å²) in [6.45, 7) is 2.37. The molecule has 2 aliphatic rings. The Morgan fingerprint density at radius 3 is 2.71 bits per heavy atom. The van der Waals surface area contributed by atoms with Gasteiger partial charge in [-0.25, -0.2) is 9.97 Å². The largest absolute Gasteiger partial charge is 0.368 e. The lowest BCUT2D eigenvalue weighted by atomic mass is 10.0. The fraction of sp³-hybridized carbons (Fsp3) is 0.333. The third-order valence-corrected chi connectivity index (χ3v) is 4.89. The Kier molecular flexibility index (Phi) is 3.33. The third kappa shape index (κ3) is 2.35. The lowest BCUT2D eigenvalue weighted by molar-refractivity contribution is -0.122. The molecule has 4 rings (SSSR count). The minimum Gasteiger partial charge on any atom is -0.368 e. The summed E-state index contributed by atoms with van der Waals surface area (Å²) >= 11 is 0. The van der Waals surface area contributed by atoms with E-state index in [1.54, 1.807) is 18.0 Å². The van der Waals surface area contributed by atoms with Crippen molar-refractivity contribution in [3.05, 3.63) is 47.9 Å². The summed E-state index contributed by atoms with van der Waals surface area (Å²) in [4.78, 5) is 35.1. The van der Waals surface area contributed by atoms with E-state index in [4.69, 9.17) is 5.73 Å². The zero-order valence-corrected chi connectivity index (χ0v) is 13.3. The molecule has 1 saturated carbocycles. The zero-order valence-electron chi connectivity index (χ0n) is 13.3. The molecule has 2 amide bonds. The number of rotatable bonds is 3. The molecule has 1 aromatic heterocycles. The maximum atomic E-state index is 13.1. The molecule has 6 heteroatoms. The van der Waals surface area contributed by atoms with Gasteiger partial charge in [0.05, 0.1) is 11.3 Å². The van der Waals surface area contributed by atoms with E-state index in [9.17, 15) is 9.59 Å². The SMILES string of the molecule is Cc1ncc(C(=O)N2C[C@H]3C[C@H]3[C@H]2C(N)=O)c(-c2ccccc2)n1. The van der Waals surface area contributed by atoms with E-state index in [0.717, 1.165) is 12.0 Å². The molecule has 2 aromatic rings. The third-order valence-electron chi connectivity index (χ3n) is 4.89. The number of amides is 2. The Hall–Kier alpha value is -2.76. The number of hydrogen-bond acceptors (Lipinski definition) is 4. The molecule has 1 aliphatic heterocycles. The number of benzene rings is 1. The number of piperidine rings is 1. The molecule has 0 spiro atoms. The van der Waals surface area contributed by atoms with Gasteiger partial charge in [0.25, 0.3) is 5.91 Å². The fourth-order valence-electron chi connectivity index (χ4n) is 3.64. The summed E-state index contributed by atoms with van der Waals surface area (Å²) in [6.07, 6.45) is 2.53. The van der Waals surface area contributed by atoms with Gasteiger partial charge in [0.2, 0.25) is 5.91 Å². The number of likely N-dealkylation sites (tertiary alicyclic amines) is 1. The Morgan fingerprint density at radius 1 is 1.25 bits per heavy atom. The predicted molar refractivity (Wildman–Crippen MR) is 87.8 cm³/mol. The van der Waals surface area contributed by atoms with Crippen LogP contribution in [0.4, 0.5) is 0 Å². The Bertz CT molecular complexity index is 821. The van der Waals surface area contributed by atoms with Crippen molar-refractivity contribution in [1.82, 2.24) is 14.9 Å². The molecule has 0 bridgehead atoms. The number of carbonyl (C=O) groups is 2. The molecule has 0 radical (unpaired) electrons. The smallest absolute Gasteiger partial charge is 0.258 e. The van der Waals surface area contributed by atoms with E-state index < -0.39 is 11.9 Å². The van der Waals surface area contributed by atoms with Gasteiger partial charge >= 0.3 is 0 Å². The molecular formula is C18H18N4O2. The van der Waals surface area contributed by atoms with Crippen molar-refractivity contribution in [1.29, 1.82) is 0 Å². The maximum absolute atomic E-state index is 13.1. The molecule has 1 aliphatic carbocycles. The Balaban J connectivity index is 1.74. The lowest BCUT2D eigenvalue weighted by Gasteiger charge is -2.25. The molecule has 0 unspecified atom stereocenters. The van der Waals surface area contributed by atoms with Crippen LogP contribution in [0.3, 0.4) is 0 Å². The van der Waals surface area contributed by atoms with Gasteiger partial charge < -0.3 is 10.6 Å². The average Bonchev–Trinajstić information content (AvgIpc) is 3.24. The first-order valence-corrected chi connectivity index (χ1v) is 8.05. The van der Waals surface area contributed by atoms with Gasteiger partial charge in [0.1, 0.15) is 11.9 Å². The van der Waals surface area contributed by atoms with Crippen molar-refractivity contribution in [3.8, 4) is 11.3 Å². The van der Waals surface area contributed by atoms with E-state index >= 15 is 0 Å². The van der Waals surface area contributed by atoms with Crippen LogP contribution in [0.2, 0.25) is 0 Å². The first kappa shape index (κ1) is 14.8. The number of aromatic nitrogens is 2. The Morgan fingerprint density at radius 2 is 2.00 bits per heavy atom. The minimum atomic E-state index is -0.507. The van der Waals surface area contributed by atoms with Crippen LogP contribution < -0.4 is 5.73 Å². The van der Waals surface area contributed by atoms with Crippen molar-refractivity contribution in [2.75, 3.05) is 6.54 Å². The zero-order chi connectivity index (χ0) is 16.8. The molecule has 122 valence electrons. The standard InChI is InChI=1S/C18H18N4O2/c1-10-20-8-14(15(21-10)11-5-3-2-4-6-11)18(24)22-9-12-7-13(12)16(22)17(19)23/h2-6,8,12-13,16H,7,9H2,1H3,(H2,19,23)/t12-,13-,16+/m1/s1. The van der Waals surface area contributed by atoms with Crippen LogP contribution in [0.5, 0.6) is 0 Å². The summed E-state index contributed by atoms with van der Waals surface area (Å²) in [7, 11) is 0. The van der Waals surface area contributed by atoms with Crippen LogP contribution in [0.1, 0.15) is 22.6 Å². The van der Waals surface area contributed by atoms with E-state index in [0.29, 0.717) is 29.5 Å². The highest BCUT2D eigenvalue weighted by Crippen LogP contribution is 2.49. The maximum Gasteiger partial charge on any atom is 0.258 e. The quantitative estimate of drug-likeness (QED) is 0.925. The van der Waals surface area contributed by atoms with E-state index in [-0.39, 0.29) is 11.8 Å². The van der Waals surface area contributed by atoms with Gasteiger partial charge in [0.15, 0.2) is 0 Å². The normalized spacial score (nSPS) is 24.5. The minimum absolute atomic E-state index is 0.218. The molecule has 2 fully saturated rings. The monoisotopic (exact) mass is 322 g/mol. The fourth-order valence-corrected chi connectivity index (χ4v) is 3.64. The van der Waals surface area contributed by atoms with Crippen molar-refractivity contribution < 1.29 is 9.59 Å². The molecule has 6 nitrogen and oxygen atoms in total. The number of fused-ring (bicyclic) bond motifs is 1. The molecule has 1 saturated heterocycles. The molecule has 3 atom stereocenters. The van der Waals surface area contributed by atoms with Gasteiger partial charge in [-0.2, -0.15) is 0 Å². The molecule has 2 N–H and O–H groups in total. The van der Waals surface area contributed by atoms with Gasteiger partial charge in [-0.15, -0.1) is 0 Å². The number of primary amides is 1. The predicted octanol–water partition coefficient (Wildman–Crippen LogP) is 1.40. The highest BCUT2D eigenvalue weighted by atomic mass is 16.2. The molecule has 2 heterocycles. The summed E-state index contributed by atoms with van der Waals surface area (Å²) < 4.78 is 0. The number of nitrogens with two attached hydrogens (primary N) is 1. The number of nitrogens with zero attached hydrogens (tertiary/aromatic N) is 3. The second-order valence-corrected chi connectivity index (χ2v) is 6.51. The molecular weight excluding hydrogens is 304 g/mol. The Labute approximate surface area is 139 Å². The lowest BCUT2D eigenvalue weighted by Crippen LogP contribution is -2.46.